The number of hydrogen-bond donors (Lipinski definition) is 0. The van der Waals surface area contributed by atoms with Crippen LogP contribution in [-0.2, 0) is 10.0 Å². The number of halogens is 1. The number of sulfonamides is 1. The molecule has 3 nitrogen and oxygen atoms in total. The van der Waals surface area contributed by atoms with Gasteiger partial charge in [-0.1, -0.05) is 18.2 Å². The molecule has 15 heavy (non-hydrogen) atoms. The van der Waals surface area contributed by atoms with Crippen molar-refractivity contribution < 1.29 is 8.42 Å². The molecule has 1 aliphatic rings. The van der Waals surface area contributed by atoms with Crippen LogP contribution >= 0.6 is 11.6 Å². The van der Waals surface area contributed by atoms with Crippen molar-refractivity contribution >= 4 is 21.6 Å². The molecule has 1 fully saturated rings. The maximum Gasteiger partial charge on any atom is 0.243 e. The van der Waals surface area contributed by atoms with Crippen LogP contribution in [0.4, 0.5) is 0 Å². The van der Waals surface area contributed by atoms with Crippen molar-refractivity contribution in [3.63, 3.8) is 0 Å². The van der Waals surface area contributed by atoms with Crippen molar-refractivity contribution in [2.75, 3.05) is 12.4 Å². The smallest absolute Gasteiger partial charge is 0.207 e. The average Bonchev–Trinajstić information content (AvgIpc) is 2.97. The zero-order chi connectivity index (χ0) is 11.1. The molecule has 1 unspecified atom stereocenters. The van der Waals surface area contributed by atoms with Crippen LogP contribution in [0.25, 0.3) is 0 Å². The summed E-state index contributed by atoms with van der Waals surface area (Å²) in [6, 6.07) is 6.98. The Labute approximate surface area is 94.7 Å². The van der Waals surface area contributed by atoms with Gasteiger partial charge in [0.1, 0.15) is 0 Å². The van der Waals surface area contributed by atoms with E-state index in [1.165, 1.54) is 4.31 Å². The van der Waals surface area contributed by atoms with Gasteiger partial charge in [0, 0.05) is 12.4 Å². The third kappa shape index (κ3) is 1.89. The highest BCUT2D eigenvalue weighted by atomic mass is 35.5. The van der Waals surface area contributed by atoms with Gasteiger partial charge in [0.2, 0.25) is 10.0 Å². The van der Waals surface area contributed by atoms with Crippen molar-refractivity contribution in [3.05, 3.63) is 29.8 Å². The van der Waals surface area contributed by atoms with Crippen molar-refractivity contribution in [1.82, 2.24) is 4.31 Å². The Kier molecular flexibility index (Phi) is 2.75. The zero-order valence-corrected chi connectivity index (χ0v) is 9.92. The molecule has 0 radical (unpaired) electrons. The lowest BCUT2D eigenvalue weighted by Crippen LogP contribution is -2.16. The molecule has 2 rings (SSSR count). The normalized spacial score (nSPS) is 25.2. The van der Waals surface area contributed by atoms with Gasteiger partial charge in [-0.05, 0) is 18.6 Å². The van der Waals surface area contributed by atoms with E-state index in [1.54, 1.807) is 25.1 Å². The van der Waals surface area contributed by atoms with E-state index in [4.69, 9.17) is 11.6 Å². The van der Waals surface area contributed by atoms with E-state index in [9.17, 15) is 8.42 Å². The standard InChI is InChI=1S/C10H12ClNO2S/c1-8-4-2-3-5-10(8)15(13,14)12-7-9(12)6-11/h2-5,9H,6-7H2,1H3/t9?,12-/m1/s1. The first-order valence-electron chi connectivity index (χ1n) is 4.71. The van der Waals surface area contributed by atoms with Crippen LogP contribution in [0.15, 0.2) is 29.2 Å². The van der Waals surface area contributed by atoms with Crippen LogP contribution in [0.1, 0.15) is 5.56 Å². The highest BCUT2D eigenvalue weighted by molar-refractivity contribution is 7.89. The number of alkyl halides is 1. The third-order valence-electron chi connectivity index (χ3n) is 2.52. The van der Waals surface area contributed by atoms with E-state index >= 15 is 0 Å². The first kappa shape index (κ1) is 10.9. The van der Waals surface area contributed by atoms with Crippen LogP contribution in [0.3, 0.4) is 0 Å². The molecule has 0 N–H and O–H groups in total. The molecule has 0 saturated carbocycles. The Balaban J connectivity index is 2.36. The van der Waals surface area contributed by atoms with Gasteiger partial charge in [-0.3, -0.25) is 0 Å². The van der Waals surface area contributed by atoms with E-state index in [2.05, 4.69) is 0 Å². The molecule has 1 aromatic rings. The molecule has 0 bridgehead atoms. The van der Waals surface area contributed by atoms with Crippen LogP contribution in [0.2, 0.25) is 0 Å². The molecule has 0 spiro atoms. The Bertz CT molecular complexity index is 472. The van der Waals surface area contributed by atoms with Crippen LogP contribution < -0.4 is 0 Å². The summed E-state index contributed by atoms with van der Waals surface area (Å²) < 4.78 is 25.5. The minimum atomic E-state index is -3.31. The quantitative estimate of drug-likeness (QED) is 0.599. The summed E-state index contributed by atoms with van der Waals surface area (Å²) in [4.78, 5) is 0.387. The molecular weight excluding hydrogens is 234 g/mol. The molecule has 2 atom stereocenters. The van der Waals surface area contributed by atoms with Gasteiger partial charge in [-0.2, -0.15) is 4.31 Å². The summed E-state index contributed by atoms with van der Waals surface area (Å²) in [7, 11) is -3.31. The maximum absolute atomic E-state index is 12.1. The fourth-order valence-corrected chi connectivity index (χ4v) is 3.71. The van der Waals surface area contributed by atoms with Crippen molar-refractivity contribution in [3.8, 4) is 0 Å². The molecule has 1 aliphatic heterocycles. The zero-order valence-electron chi connectivity index (χ0n) is 8.35. The van der Waals surface area contributed by atoms with Gasteiger partial charge >= 0.3 is 0 Å². The van der Waals surface area contributed by atoms with E-state index in [0.717, 1.165) is 5.56 Å². The predicted molar refractivity (Wildman–Crippen MR) is 59.6 cm³/mol. The van der Waals surface area contributed by atoms with Gasteiger partial charge in [-0.15, -0.1) is 11.6 Å². The summed E-state index contributed by atoms with van der Waals surface area (Å²) in [5.41, 5.74) is 0.776. The summed E-state index contributed by atoms with van der Waals surface area (Å²) in [6.07, 6.45) is 0. The predicted octanol–water partition coefficient (Wildman–Crippen LogP) is 1.61. The van der Waals surface area contributed by atoms with Gasteiger partial charge in [-0.25, -0.2) is 8.42 Å². The third-order valence-corrected chi connectivity index (χ3v) is 4.96. The monoisotopic (exact) mass is 245 g/mol. The minimum absolute atomic E-state index is 0.0173. The summed E-state index contributed by atoms with van der Waals surface area (Å²) in [5.74, 6) is 0.366. The van der Waals surface area contributed by atoms with Gasteiger partial charge in [0.05, 0.1) is 10.9 Å². The molecule has 5 heteroatoms. The fraction of sp³-hybridized carbons (Fsp3) is 0.400. The van der Waals surface area contributed by atoms with E-state index < -0.39 is 10.0 Å². The Hall–Kier alpha value is -0.580. The van der Waals surface area contributed by atoms with Crippen LogP contribution in [-0.4, -0.2) is 31.2 Å². The van der Waals surface area contributed by atoms with Gasteiger partial charge < -0.3 is 0 Å². The number of hydrogen-bond acceptors (Lipinski definition) is 2. The van der Waals surface area contributed by atoms with Crippen LogP contribution in [0, 0.1) is 6.92 Å². The molecule has 0 aliphatic carbocycles. The summed E-state index contributed by atoms with van der Waals surface area (Å²) in [5, 5.41) is 0. The molecule has 1 aromatic carbocycles. The lowest BCUT2D eigenvalue weighted by molar-refractivity contribution is 0.555. The maximum atomic E-state index is 12.1. The highest BCUT2D eigenvalue weighted by Gasteiger charge is 2.44. The molecule has 82 valence electrons. The minimum Gasteiger partial charge on any atom is -0.207 e. The molecular formula is C10H12ClNO2S. The first-order chi connectivity index (χ1) is 7.07. The van der Waals surface area contributed by atoms with E-state index in [0.29, 0.717) is 17.3 Å². The van der Waals surface area contributed by atoms with E-state index in [1.807, 2.05) is 6.07 Å². The number of rotatable bonds is 3. The Morgan fingerprint density at radius 1 is 1.47 bits per heavy atom. The SMILES string of the molecule is Cc1ccccc1S(=O)(=O)[N@]1CC1CCl. The second-order valence-electron chi connectivity index (χ2n) is 3.65. The Morgan fingerprint density at radius 3 is 2.67 bits per heavy atom. The molecule has 1 heterocycles. The van der Waals surface area contributed by atoms with Crippen molar-refractivity contribution in [2.24, 2.45) is 0 Å². The average molecular weight is 246 g/mol. The molecule has 0 aromatic heterocycles. The lowest BCUT2D eigenvalue weighted by Gasteiger charge is -2.07. The summed E-state index contributed by atoms with van der Waals surface area (Å²) >= 11 is 5.62. The van der Waals surface area contributed by atoms with Crippen molar-refractivity contribution in [1.29, 1.82) is 0 Å². The van der Waals surface area contributed by atoms with Crippen molar-refractivity contribution in [2.45, 2.75) is 17.9 Å². The number of benzene rings is 1. The Morgan fingerprint density at radius 2 is 2.13 bits per heavy atom. The largest absolute Gasteiger partial charge is 0.243 e. The topological polar surface area (TPSA) is 37.1 Å². The summed E-state index contributed by atoms with van der Waals surface area (Å²) in [6.45, 7) is 2.34. The van der Waals surface area contributed by atoms with E-state index in [-0.39, 0.29) is 6.04 Å². The number of nitrogens with zero attached hydrogens (tertiary/aromatic N) is 1. The lowest BCUT2D eigenvalue weighted by atomic mass is 10.2. The first-order valence-corrected chi connectivity index (χ1v) is 6.68. The molecule has 1 saturated heterocycles. The van der Waals surface area contributed by atoms with Gasteiger partial charge in [0.15, 0.2) is 0 Å². The number of aryl methyl sites for hydroxylation is 1. The fourth-order valence-electron chi connectivity index (χ4n) is 1.55. The molecule has 0 amide bonds. The second kappa shape index (κ2) is 3.77. The second-order valence-corrected chi connectivity index (χ2v) is 5.82. The highest BCUT2D eigenvalue weighted by Crippen LogP contribution is 2.30. The van der Waals surface area contributed by atoms with Gasteiger partial charge in [0.25, 0.3) is 0 Å². The van der Waals surface area contributed by atoms with Crippen LogP contribution in [0.5, 0.6) is 0 Å².